The van der Waals surface area contributed by atoms with Crippen LogP contribution in [0.15, 0.2) is 11.6 Å². The number of hydrogen-bond donors (Lipinski definition) is 1. The lowest BCUT2D eigenvalue weighted by Crippen LogP contribution is -2.47. The Morgan fingerprint density at radius 2 is 1.22 bits per heavy atom. The molecule has 0 aliphatic carbocycles. The average molecular weight is 847 g/mol. The van der Waals surface area contributed by atoms with E-state index in [0.29, 0.717) is 6.42 Å². The zero-order chi connectivity index (χ0) is 43.0. The third-order valence-electron chi connectivity index (χ3n) is 14.0. The highest BCUT2D eigenvalue weighted by atomic mass is 28.4. The molecule has 3 rings (SSSR count). The molecule has 0 amide bonds. The van der Waals surface area contributed by atoms with Crippen molar-refractivity contribution >= 4 is 22.6 Å². The Balaban J connectivity index is 1.35. The van der Waals surface area contributed by atoms with Crippen LogP contribution in [0.25, 0.3) is 0 Å². The van der Waals surface area contributed by atoms with Crippen LogP contribution in [0.4, 0.5) is 0 Å². The maximum Gasteiger partial charge on any atom is 0.334 e. The molecule has 58 heavy (non-hydrogen) atoms. The van der Waals surface area contributed by atoms with Crippen LogP contribution in [0.1, 0.15) is 197 Å². The number of carbonyl (C=O) groups excluding carboxylic acids is 1. The van der Waals surface area contributed by atoms with Crippen LogP contribution in [-0.2, 0) is 27.9 Å². The summed E-state index contributed by atoms with van der Waals surface area (Å²) in [6.45, 7) is 27.3. The third-order valence-corrected chi connectivity index (χ3v) is 23.0. The van der Waals surface area contributed by atoms with E-state index in [1.165, 1.54) is 64.2 Å². The third kappa shape index (κ3) is 17.4. The second kappa shape index (κ2) is 24.6. The first-order valence-electron chi connectivity index (χ1n) is 24.0. The van der Waals surface area contributed by atoms with Gasteiger partial charge in [-0.1, -0.05) is 138 Å². The van der Waals surface area contributed by atoms with Crippen LogP contribution < -0.4 is 0 Å². The van der Waals surface area contributed by atoms with Gasteiger partial charge in [0.15, 0.2) is 16.6 Å². The molecule has 7 nitrogen and oxygen atoms in total. The first-order chi connectivity index (χ1) is 27.2. The molecule has 9 heteroatoms. The summed E-state index contributed by atoms with van der Waals surface area (Å²) in [5, 5.41) is 11.2. The van der Waals surface area contributed by atoms with Gasteiger partial charge in [0.25, 0.3) is 0 Å². The molecule has 2 fully saturated rings. The first-order valence-corrected chi connectivity index (χ1v) is 29.8. The number of rotatable bonds is 26. The van der Waals surface area contributed by atoms with Crippen LogP contribution >= 0.6 is 0 Å². The highest BCUT2D eigenvalue weighted by Gasteiger charge is 2.45. The van der Waals surface area contributed by atoms with Gasteiger partial charge in [-0.2, -0.15) is 0 Å². The molecule has 3 aliphatic heterocycles. The molecule has 2 saturated heterocycles. The number of cyclic esters (lactones) is 1. The van der Waals surface area contributed by atoms with Gasteiger partial charge in [-0.3, -0.25) is 0 Å². The van der Waals surface area contributed by atoms with Crippen molar-refractivity contribution in [3.05, 3.63) is 11.6 Å². The summed E-state index contributed by atoms with van der Waals surface area (Å²) in [6, 6.07) is 0. The van der Waals surface area contributed by atoms with Gasteiger partial charge in [0, 0.05) is 24.5 Å². The number of aliphatic hydroxyl groups excluding tert-OH is 1. The van der Waals surface area contributed by atoms with E-state index >= 15 is 0 Å². The van der Waals surface area contributed by atoms with Crippen molar-refractivity contribution in [2.45, 2.75) is 282 Å². The zero-order valence-corrected chi connectivity index (χ0v) is 41.6. The SMILES string of the molecule is CCCCCCCCCC[C@@H](O[Si](C)(C)C(C)(C)C)[C@H]1CC[C@@H]([C@@H]2CC[C@H]([C@H](O)C#CCCCCCCCC[C@H](CC3=C[C@H](C)OC3=O)O[Si](C)(C)C(C)(C)C)O2)O1. The van der Waals surface area contributed by atoms with Crippen LogP contribution in [0.3, 0.4) is 0 Å². The largest absolute Gasteiger partial charge is 0.455 e. The van der Waals surface area contributed by atoms with Crippen LogP contribution in [0, 0.1) is 11.8 Å². The van der Waals surface area contributed by atoms with Crippen molar-refractivity contribution in [1.29, 1.82) is 0 Å². The lowest BCUT2D eigenvalue weighted by Gasteiger charge is -2.41. The number of aliphatic hydroxyl groups is 1. The van der Waals surface area contributed by atoms with E-state index in [4.69, 9.17) is 23.1 Å². The molecule has 0 aromatic heterocycles. The van der Waals surface area contributed by atoms with Crippen LogP contribution in [0.2, 0.25) is 36.3 Å². The van der Waals surface area contributed by atoms with Gasteiger partial charge < -0.3 is 28.2 Å². The molecule has 0 aromatic rings. The average Bonchev–Trinajstić information content (AvgIpc) is 3.89. The summed E-state index contributed by atoms with van der Waals surface area (Å²) in [4.78, 5) is 12.3. The Morgan fingerprint density at radius 1 is 0.724 bits per heavy atom. The van der Waals surface area contributed by atoms with Gasteiger partial charge in [0.05, 0.1) is 30.5 Å². The predicted molar refractivity (Wildman–Crippen MR) is 246 cm³/mol. The highest BCUT2D eigenvalue weighted by Crippen LogP contribution is 2.42. The Morgan fingerprint density at radius 3 is 1.78 bits per heavy atom. The monoisotopic (exact) mass is 847 g/mol. The Bertz CT molecular complexity index is 1290. The molecule has 0 radical (unpaired) electrons. The molecule has 0 aromatic carbocycles. The smallest absolute Gasteiger partial charge is 0.334 e. The molecule has 0 bridgehead atoms. The van der Waals surface area contributed by atoms with Gasteiger partial charge in [0.2, 0.25) is 0 Å². The van der Waals surface area contributed by atoms with Crippen molar-refractivity contribution in [1.82, 2.24) is 0 Å². The lowest BCUT2D eigenvalue weighted by atomic mass is 10.0. The van der Waals surface area contributed by atoms with E-state index in [1.807, 2.05) is 13.0 Å². The maximum atomic E-state index is 12.3. The Labute approximate surface area is 359 Å². The summed E-state index contributed by atoms with van der Waals surface area (Å²) in [5.74, 6) is 6.19. The molecule has 336 valence electrons. The topological polar surface area (TPSA) is 83.5 Å². The van der Waals surface area contributed by atoms with E-state index < -0.39 is 22.7 Å². The van der Waals surface area contributed by atoms with Crippen LogP contribution in [0.5, 0.6) is 0 Å². The van der Waals surface area contributed by atoms with E-state index in [-0.39, 0.29) is 58.8 Å². The summed E-state index contributed by atoms with van der Waals surface area (Å²) in [5.41, 5.74) is 0.777. The molecule has 0 saturated carbocycles. The lowest BCUT2D eigenvalue weighted by molar-refractivity contribution is -0.139. The predicted octanol–water partition coefficient (Wildman–Crippen LogP) is 13.1. The van der Waals surface area contributed by atoms with E-state index in [1.54, 1.807) is 0 Å². The molecule has 8 atom stereocenters. The van der Waals surface area contributed by atoms with E-state index in [0.717, 1.165) is 76.2 Å². The Hall–Kier alpha value is -0.996. The molecule has 1 N–H and O–H groups in total. The highest BCUT2D eigenvalue weighted by molar-refractivity contribution is 6.74. The number of hydrogen-bond acceptors (Lipinski definition) is 7. The Kier molecular flexibility index (Phi) is 21.8. The van der Waals surface area contributed by atoms with Crippen molar-refractivity contribution in [3.8, 4) is 11.8 Å². The van der Waals surface area contributed by atoms with Crippen molar-refractivity contribution < 1.29 is 33.0 Å². The number of unbranched alkanes of at least 4 members (excludes halogenated alkanes) is 13. The number of carbonyl (C=O) groups is 1. The normalized spacial score (nSPS) is 24.7. The maximum absolute atomic E-state index is 12.3. The molecule has 3 heterocycles. The van der Waals surface area contributed by atoms with Gasteiger partial charge in [-0.05, 0) is 94.2 Å². The van der Waals surface area contributed by atoms with Gasteiger partial charge >= 0.3 is 5.97 Å². The van der Waals surface area contributed by atoms with Gasteiger partial charge in [-0.25, -0.2) is 4.79 Å². The number of esters is 1. The molecule has 3 aliphatic rings. The fourth-order valence-electron chi connectivity index (χ4n) is 8.17. The minimum Gasteiger partial charge on any atom is -0.455 e. The zero-order valence-electron chi connectivity index (χ0n) is 39.6. The molecule has 0 spiro atoms. The minimum absolute atomic E-state index is 0.0250. The van der Waals surface area contributed by atoms with Crippen molar-refractivity contribution in [2.75, 3.05) is 0 Å². The van der Waals surface area contributed by atoms with Crippen molar-refractivity contribution in [2.24, 2.45) is 0 Å². The number of ether oxygens (including phenoxy) is 3. The summed E-state index contributed by atoms with van der Waals surface area (Å²) >= 11 is 0. The second-order valence-corrected chi connectivity index (χ2v) is 30.7. The van der Waals surface area contributed by atoms with E-state index in [9.17, 15) is 9.90 Å². The van der Waals surface area contributed by atoms with Gasteiger partial charge in [0.1, 0.15) is 12.2 Å². The quantitative estimate of drug-likeness (QED) is 0.0402. The standard InChI is InChI=1S/C49H90O7Si2/c1-13-14-15-16-17-22-25-28-31-46(56-58(11,12)49(6,7)8)45-35-34-44(54-45)43-33-32-42(53-43)41(50)30-27-24-21-19-18-20-23-26-29-40(55-57(9,10)48(3,4)5)37-39-36-38(2)52-47(39)51/h36,38,40-46,50H,13-26,28-29,31-35,37H2,1-12H3/t38-,40+,41+,42+,43-,44-,45+,46+/m0/s1. The fourth-order valence-corrected chi connectivity index (χ4v) is 10.9. The fraction of sp³-hybridized carbons (Fsp3) is 0.898. The molecular formula is C49H90O7Si2. The van der Waals surface area contributed by atoms with E-state index in [2.05, 4.69) is 86.5 Å². The van der Waals surface area contributed by atoms with Crippen LogP contribution in [-0.4, -0.2) is 76.5 Å². The second-order valence-electron chi connectivity index (χ2n) is 21.2. The summed E-state index contributed by atoms with van der Waals surface area (Å²) < 4.78 is 32.5. The molecular weight excluding hydrogens is 757 g/mol. The summed E-state index contributed by atoms with van der Waals surface area (Å²) in [6.07, 6.45) is 25.9. The molecule has 0 unspecified atom stereocenters. The van der Waals surface area contributed by atoms with Crippen molar-refractivity contribution in [3.63, 3.8) is 0 Å². The first kappa shape index (κ1) is 51.4. The minimum atomic E-state index is -1.95. The van der Waals surface area contributed by atoms with Gasteiger partial charge in [-0.15, -0.1) is 5.92 Å². The summed E-state index contributed by atoms with van der Waals surface area (Å²) in [7, 11) is -3.89.